The minimum Gasteiger partial charge on any atom is -0.317 e. The number of nitrogens with one attached hydrogen (secondary N) is 1. The van der Waals surface area contributed by atoms with Crippen LogP contribution in [0, 0.1) is 5.92 Å². The van der Waals surface area contributed by atoms with Gasteiger partial charge in [-0.25, -0.2) is 0 Å². The molecule has 0 atom stereocenters. The minimum absolute atomic E-state index is 0. The Balaban J connectivity index is 0.00000128. The van der Waals surface area contributed by atoms with E-state index in [0.29, 0.717) is 0 Å². The van der Waals surface area contributed by atoms with Gasteiger partial charge in [-0.2, -0.15) is 0 Å². The van der Waals surface area contributed by atoms with Gasteiger partial charge in [0.2, 0.25) is 0 Å². The first-order valence-electron chi connectivity index (χ1n) is 5.80. The van der Waals surface area contributed by atoms with E-state index in [9.17, 15) is 0 Å². The molecule has 0 amide bonds. The van der Waals surface area contributed by atoms with E-state index in [1.54, 1.807) is 0 Å². The lowest BCUT2D eigenvalue weighted by molar-refractivity contribution is 0.354. The van der Waals surface area contributed by atoms with Crippen LogP contribution in [0.1, 0.15) is 24.8 Å². The summed E-state index contributed by atoms with van der Waals surface area (Å²) in [6.45, 7) is 2.43. The maximum atomic E-state index is 3.46. The Kier molecular flexibility index (Phi) is 6.40. The zero-order valence-electron chi connectivity index (χ0n) is 9.42. The van der Waals surface area contributed by atoms with Crippen LogP contribution in [-0.4, -0.2) is 13.1 Å². The van der Waals surface area contributed by atoms with Gasteiger partial charge in [0, 0.05) is 4.47 Å². The number of hydrogen-bond acceptors (Lipinski definition) is 1. The zero-order chi connectivity index (χ0) is 10.5. The van der Waals surface area contributed by atoms with Crippen molar-refractivity contribution in [2.45, 2.75) is 25.7 Å². The lowest BCUT2D eigenvalue weighted by atomic mass is 9.91. The fourth-order valence-corrected chi connectivity index (χ4v) is 2.46. The molecule has 2 rings (SSSR count). The number of hydrogen-bond donors (Lipinski definition) is 1. The van der Waals surface area contributed by atoms with Crippen LogP contribution in [0.15, 0.2) is 28.7 Å². The molecule has 0 aromatic heterocycles. The molecule has 0 unspecified atom stereocenters. The highest BCUT2D eigenvalue weighted by molar-refractivity contribution is 9.10. The van der Waals surface area contributed by atoms with Gasteiger partial charge in [0.1, 0.15) is 0 Å². The van der Waals surface area contributed by atoms with Crippen molar-refractivity contribution in [1.82, 2.24) is 5.32 Å². The highest BCUT2D eigenvalue weighted by atomic mass is 79.9. The summed E-state index contributed by atoms with van der Waals surface area (Å²) in [5.41, 5.74) is 1.47. The lowest BCUT2D eigenvalue weighted by Crippen LogP contribution is -2.27. The normalized spacial score (nSPS) is 16.8. The quantitative estimate of drug-likeness (QED) is 0.895. The number of halogens is 2. The molecular formula is C13H19BrClN. The molecular weight excluding hydrogens is 286 g/mol. The molecule has 0 spiro atoms. The average molecular weight is 305 g/mol. The van der Waals surface area contributed by atoms with Gasteiger partial charge in [0.15, 0.2) is 0 Å². The standard InChI is InChI=1S/C13H18BrN.ClH/c14-13-5-3-11(4-6-13)1-2-12-7-9-15-10-8-12;/h3-6,12,15H,1-2,7-10H2;1H. The predicted octanol–water partition coefficient (Wildman–Crippen LogP) is 3.80. The summed E-state index contributed by atoms with van der Waals surface area (Å²) in [6.07, 6.45) is 5.30. The fourth-order valence-electron chi connectivity index (χ4n) is 2.19. The number of benzene rings is 1. The van der Waals surface area contributed by atoms with E-state index in [4.69, 9.17) is 0 Å². The van der Waals surface area contributed by atoms with Crippen molar-refractivity contribution in [3.05, 3.63) is 34.3 Å². The molecule has 1 saturated heterocycles. The van der Waals surface area contributed by atoms with Crippen LogP contribution in [0.2, 0.25) is 0 Å². The van der Waals surface area contributed by atoms with E-state index in [0.717, 1.165) is 5.92 Å². The summed E-state index contributed by atoms with van der Waals surface area (Å²) >= 11 is 3.46. The lowest BCUT2D eigenvalue weighted by Gasteiger charge is -2.22. The molecule has 1 aromatic rings. The predicted molar refractivity (Wildman–Crippen MR) is 75.3 cm³/mol. The van der Waals surface area contributed by atoms with Gasteiger partial charge in [-0.05, 0) is 62.4 Å². The van der Waals surface area contributed by atoms with Crippen LogP contribution in [-0.2, 0) is 6.42 Å². The van der Waals surface area contributed by atoms with Crippen molar-refractivity contribution in [2.24, 2.45) is 5.92 Å². The number of piperidine rings is 1. The van der Waals surface area contributed by atoms with Gasteiger partial charge >= 0.3 is 0 Å². The molecule has 16 heavy (non-hydrogen) atoms. The molecule has 1 heterocycles. The van der Waals surface area contributed by atoms with E-state index in [-0.39, 0.29) is 12.4 Å². The summed E-state index contributed by atoms with van der Waals surface area (Å²) in [5, 5.41) is 3.41. The van der Waals surface area contributed by atoms with Crippen LogP contribution in [0.5, 0.6) is 0 Å². The molecule has 1 N–H and O–H groups in total. The van der Waals surface area contributed by atoms with E-state index in [1.807, 2.05) is 0 Å². The maximum absolute atomic E-state index is 3.46. The minimum atomic E-state index is 0. The number of aryl methyl sites for hydroxylation is 1. The second kappa shape index (κ2) is 7.31. The van der Waals surface area contributed by atoms with Gasteiger partial charge in [0.05, 0.1) is 0 Å². The Morgan fingerprint density at radius 2 is 1.75 bits per heavy atom. The first kappa shape index (κ1) is 14.0. The van der Waals surface area contributed by atoms with Crippen LogP contribution in [0.3, 0.4) is 0 Å². The van der Waals surface area contributed by atoms with Crippen molar-refractivity contribution < 1.29 is 0 Å². The van der Waals surface area contributed by atoms with Crippen LogP contribution in [0.4, 0.5) is 0 Å². The maximum Gasteiger partial charge on any atom is 0.0175 e. The largest absolute Gasteiger partial charge is 0.317 e. The van der Waals surface area contributed by atoms with Crippen molar-refractivity contribution in [3.8, 4) is 0 Å². The van der Waals surface area contributed by atoms with E-state index in [1.165, 1.54) is 48.8 Å². The van der Waals surface area contributed by atoms with Crippen LogP contribution < -0.4 is 5.32 Å². The molecule has 0 bridgehead atoms. The monoisotopic (exact) mass is 303 g/mol. The third-order valence-corrected chi connectivity index (χ3v) is 3.74. The van der Waals surface area contributed by atoms with Crippen molar-refractivity contribution >= 4 is 28.3 Å². The zero-order valence-corrected chi connectivity index (χ0v) is 11.8. The van der Waals surface area contributed by atoms with Gasteiger partial charge in [-0.3, -0.25) is 0 Å². The second-order valence-electron chi connectivity index (χ2n) is 4.36. The Labute approximate surface area is 113 Å². The van der Waals surface area contributed by atoms with E-state index in [2.05, 4.69) is 45.5 Å². The van der Waals surface area contributed by atoms with Crippen molar-refractivity contribution in [1.29, 1.82) is 0 Å². The molecule has 0 saturated carbocycles. The summed E-state index contributed by atoms with van der Waals surface area (Å²) in [6, 6.07) is 8.73. The Hall–Kier alpha value is -0.0500. The highest BCUT2D eigenvalue weighted by Crippen LogP contribution is 2.19. The topological polar surface area (TPSA) is 12.0 Å². The number of rotatable bonds is 3. The fraction of sp³-hybridized carbons (Fsp3) is 0.538. The molecule has 1 nitrogen and oxygen atoms in total. The van der Waals surface area contributed by atoms with Crippen LogP contribution >= 0.6 is 28.3 Å². The Morgan fingerprint density at radius 1 is 1.12 bits per heavy atom. The Morgan fingerprint density at radius 3 is 2.38 bits per heavy atom. The SMILES string of the molecule is Brc1ccc(CCC2CCNCC2)cc1.Cl. The van der Waals surface area contributed by atoms with Gasteiger partial charge in [-0.15, -0.1) is 12.4 Å². The molecule has 0 radical (unpaired) electrons. The molecule has 0 aliphatic carbocycles. The molecule has 90 valence electrons. The summed E-state index contributed by atoms with van der Waals surface area (Å²) < 4.78 is 1.17. The molecule has 1 aliphatic rings. The Bertz CT molecular complexity index is 293. The van der Waals surface area contributed by atoms with E-state index < -0.39 is 0 Å². The third kappa shape index (κ3) is 4.44. The third-order valence-electron chi connectivity index (χ3n) is 3.21. The highest BCUT2D eigenvalue weighted by Gasteiger charge is 2.12. The van der Waals surface area contributed by atoms with Crippen molar-refractivity contribution in [3.63, 3.8) is 0 Å². The van der Waals surface area contributed by atoms with Gasteiger partial charge < -0.3 is 5.32 Å². The van der Waals surface area contributed by atoms with Gasteiger partial charge in [-0.1, -0.05) is 28.1 Å². The van der Waals surface area contributed by atoms with Crippen molar-refractivity contribution in [2.75, 3.05) is 13.1 Å². The molecule has 1 aliphatic heterocycles. The summed E-state index contributed by atoms with van der Waals surface area (Å²) in [4.78, 5) is 0. The van der Waals surface area contributed by atoms with Crippen LogP contribution in [0.25, 0.3) is 0 Å². The average Bonchev–Trinajstić information content (AvgIpc) is 2.30. The smallest absolute Gasteiger partial charge is 0.0175 e. The summed E-state index contributed by atoms with van der Waals surface area (Å²) in [7, 11) is 0. The summed E-state index contributed by atoms with van der Waals surface area (Å²) in [5.74, 6) is 0.940. The van der Waals surface area contributed by atoms with Gasteiger partial charge in [0.25, 0.3) is 0 Å². The first-order chi connectivity index (χ1) is 7.34. The van der Waals surface area contributed by atoms with E-state index >= 15 is 0 Å². The first-order valence-corrected chi connectivity index (χ1v) is 6.59. The molecule has 1 aromatic carbocycles. The molecule has 1 fully saturated rings. The second-order valence-corrected chi connectivity index (χ2v) is 5.27. The molecule has 3 heteroatoms.